The minimum absolute atomic E-state index is 0.225. The minimum atomic E-state index is -1.71. The maximum absolute atomic E-state index is 6.48. The van der Waals surface area contributed by atoms with Gasteiger partial charge in [-0.2, -0.15) is 5.10 Å². The molecule has 0 spiro atoms. The molecule has 2 aromatic rings. The molecule has 1 heterocycles. The third kappa shape index (κ3) is 3.34. The van der Waals surface area contributed by atoms with Crippen LogP contribution in [-0.2, 0) is 11.0 Å². The second-order valence-electron chi connectivity index (χ2n) is 8.78. The number of fused-ring (bicyclic) bond motifs is 1. The molecule has 1 aromatic carbocycles. The summed E-state index contributed by atoms with van der Waals surface area (Å²) < 4.78 is 8.53. The van der Waals surface area contributed by atoms with Gasteiger partial charge in [-0.3, -0.25) is 4.68 Å². The smallest absolute Gasteiger partial charge is 0.192 e. The van der Waals surface area contributed by atoms with Crippen molar-refractivity contribution in [1.82, 2.24) is 9.78 Å². The van der Waals surface area contributed by atoms with Crippen molar-refractivity contribution in [2.45, 2.75) is 58.3 Å². The number of nitrogens with two attached hydrogens (primary N) is 1. The van der Waals surface area contributed by atoms with Crippen LogP contribution in [0.3, 0.4) is 0 Å². The predicted molar refractivity (Wildman–Crippen MR) is 104 cm³/mol. The molecule has 0 saturated heterocycles. The van der Waals surface area contributed by atoms with Crippen molar-refractivity contribution in [1.29, 1.82) is 0 Å². The highest BCUT2D eigenvalue weighted by Crippen LogP contribution is 2.49. The van der Waals surface area contributed by atoms with Crippen LogP contribution in [0.2, 0.25) is 23.2 Å². The topological polar surface area (TPSA) is 53.1 Å². The Bertz CT molecular complexity index is 759. The van der Waals surface area contributed by atoms with E-state index < -0.39 is 8.32 Å². The molecule has 0 unspecified atom stereocenters. The van der Waals surface area contributed by atoms with E-state index in [-0.39, 0.29) is 10.5 Å². The third-order valence-electron chi connectivity index (χ3n) is 5.75. The van der Waals surface area contributed by atoms with Crippen LogP contribution in [0.15, 0.2) is 18.3 Å². The van der Waals surface area contributed by atoms with E-state index in [0.717, 1.165) is 24.1 Å². The molecule has 3 rings (SSSR count). The number of nitrogen functional groups attached to an aromatic ring is 1. The first-order valence-corrected chi connectivity index (χ1v) is 11.9. The molecule has 0 amide bonds. The van der Waals surface area contributed by atoms with Crippen molar-refractivity contribution in [3.8, 4) is 0 Å². The lowest BCUT2D eigenvalue weighted by Gasteiger charge is -2.37. The Balaban J connectivity index is 1.75. The summed E-state index contributed by atoms with van der Waals surface area (Å²) in [6, 6.07) is 3.82. The van der Waals surface area contributed by atoms with Crippen molar-refractivity contribution < 1.29 is 4.43 Å². The third-order valence-corrected chi connectivity index (χ3v) is 10.6. The highest BCUT2D eigenvalue weighted by Gasteiger charge is 2.47. The molecule has 132 valence electrons. The van der Waals surface area contributed by atoms with Crippen LogP contribution in [0.25, 0.3) is 10.9 Å². The molecule has 0 bridgehead atoms. The van der Waals surface area contributed by atoms with Crippen LogP contribution in [0.4, 0.5) is 5.69 Å². The van der Waals surface area contributed by atoms with Gasteiger partial charge in [0.05, 0.1) is 22.4 Å². The van der Waals surface area contributed by atoms with Gasteiger partial charge in [0.1, 0.15) is 0 Å². The first-order chi connectivity index (χ1) is 11.0. The summed E-state index contributed by atoms with van der Waals surface area (Å²) in [6.07, 6.45) is 4.27. The van der Waals surface area contributed by atoms with Gasteiger partial charge in [0.15, 0.2) is 8.32 Å². The van der Waals surface area contributed by atoms with E-state index in [9.17, 15) is 0 Å². The molecule has 1 saturated carbocycles. The Labute approximate surface area is 150 Å². The fourth-order valence-corrected chi connectivity index (χ4v) is 3.89. The average Bonchev–Trinajstić information content (AvgIpc) is 3.14. The van der Waals surface area contributed by atoms with Gasteiger partial charge in [-0.1, -0.05) is 32.4 Å². The maximum Gasteiger partial charge on any atom is 0.192 e. The van der Waals surface area contributed by atoms with Gasteiger partial charge in [-0.25, -0.2) is 0 Å². The van der Waals surface area contributed by atoms with E-state index >= 15 is 0 Å². The Hall–Kier alpha value is -1.04. The first-order valence-electron chi connectivity index (χ1n) is 8.58. The zero-order valence-corrected chi connectivity index (χ0v) is 17.1. The van der Waals surface area contributed by atoms with Crippen LogP contribution < -0.4 is 5.73 Å². The predicted octanol–water partition coefficient (Wildman–Crippen LogP) is 5.07. The largest absolute Gasteiger partial charge is 0.416 e. The van der Waals surface area contributed by atoms with Gasteiger partial charge in [-0.05, 0) is 43.1 Å². The van der Waals surface area contributed by atoms with Crippen molar-refractivity contribution in [2.75, 3.05) is 12.3 Å². The van der Waals surface area contributed by atoms with Crippen molar-refractivity contribution >= 4 is 36.5 Å². The van der Waals surface area contributed by atoms with Crippen LogP contribution in [0.5, 0.6) is 0 Å². The molecule has 0 radical (unpaired) electrons. The standard InChI is InChI=1S/C18H28ClN3OSi/c1-17(2,3)24(4,5)23-12-18(6-7-18)11-22-16-9-14(19)15(20)8-13(16)10-21-22/h8-10H,6-7,11-12,20H2,1-5H3. The maximum atomic E-state index is 6.48. The van der Waals surface area contributed by atoms with Gasteiger partial charge in [0, 0.05) is 24.0 Å². The molecule has 0 aliphatic heterocycles. The second-order valence-corrected chi connectivity index (χ2v) is 14.0. The normalized spacial score (nSPS) is 17.4. The zero-order valence-electron chi connectivity index (χ0n) is 15.3. The van der Waals surface area contributed by atoms with Crippen LogP contribution >= 0.6 is 11.6 Å². The number of halogens is 1. The monoisotopic (exact) mass is 365 g/mol. The first kappa shape index (κ1) is 17.8. The quantitative estimate of drug-likeness (QED) is 0.594. The molecular weight excluding hydrogens is 338 g/mol. The van der Waals surface area contributed by atoms with Crippen LogP contribution in [0, 0.1) is 5.41 Å². The number of nitrogens with zero attached hydrogens (tertiary/aromatic N) is 2. The van der Waals surface area contributed by atoms with Gasteiger partial charge < -0.3 is 10.2 Å². The Kier molecular flexibility index (Phi) is 4.26. The molecule has 24 heavy (non-hydrogen) atoms. The molecule has 1 aliphatic rings. The van der Waals surface area contributed by atoms with Crippen molar-refractivity contribution in [3.63, 3.8) is 0 Å². The molecular formula is C18H28ClN3OSi. The Morgan fingerprint density at radius 2 is 2.00 bits per heavy atom. The number of anilines is 1. The van der Waals surface area contributed by atoms with E-state index in [0.29, 0.717) is 10.7 Å². The average molecular weight is 366 g/mol. The number of hydrogen-bond donors (Lipinski definition) is 1. The number of rotatable bonds is 5. The summed E-state index contributed by atoms with van der Waals surface area (Å²) in [4.78, 5) is 0. The summed E-state index contributed by atoms with van der Waals surface area (Å²) in [7, 11) is -1.71. The lowest BCUT2D eigenvalue weighted by atomic mass is 10.1. The number of benzene rings is 1. The SMILES string of the molecule is CC(C)(C)[Si](C)(C)OCC1(Cn2ncc3cc(N)c(Cl)cc32)CC1. The van der Waals surface area contributed by atoms with E-state index in [1.165, 1.54) is 12.8 Å². The summed E-state index contributed by atoms with van der Waals surface area (Å²) in [5, 5.41) is 6.43. The lowest BCUT2D eigenvalue weighted by molar-refractivity contribution is 0.195. The highest BCUT2D eigenvalue weighted by molar-refractivity contribution is 6.74. The minimum Gasteiger partial charge on any atom is -0.416 e. The highest BCUT2D eigenvalue weighted by atomic mass is 35.5. The molecule has 1 aliphatic carbocycles. The molecule has 1 aromatic heterocycles. The second kappa shape index (κ2) is 5.75. The lowest BCUT2D eigenvalue weighted by Crippen LogP contribution is -2.42. The number of aromatic nitrogens is 2. The van der Waals surface area contributed by atoms with E-state index in [1.807, 2.05) is 18.3 Å². The van der Waals surface area contributed by atoms with Crippen LogP contribution in [0.1, 0.15) is 33.6 Å². The molecule has 4 nitrogen and oxygen atoms in total. The molecule has 6 heteroatoms. The van der Waals surface area contributed by atoms with Gasteiger partial charge >= 0.3 is 0 Å². The molecule has 1 fully saturated rings. The fourth-order valence-electron chi connectivity index (χ4n) is 2.64. The Morgan fingerprint density at radius 3 is 2.58 bits per heavy atom. The van der Waals surface area contributed by atoms with Crippen molar-refractivity contribution in [3.05, 3.63) is 23.4 Å². The summed E-state index contributed by atoms with van der Waals surface area (Å²) in [5.74, 6) is 0. The number of hydrogen-bond acceptors (Lipinski definition) is 3. The van der Waals surface area contributed by atoms with Gasteiger partial charge in [-0.15, -0.1) is 0 Å². The fraction of sp³-hybridized carbons (Fsp3) is 0.611. The van der Waals surface area contributed by atoms with Gasteiger partial charge in [0.2, 0.25) is 0 Å². The van der Waals surface area contributed by atoms with E-state index in [4.69, 9.17) is 21.8 Å². The Morgan fingerprint density at radius 1 is 1.33 bits per heavy atom. The van der Waals surface area contributed by atoms with E-state index in [1.54, 1.807) is 0 Å². The summed E-state index contributed by atoms with van der Waals surface area (Å²) in [6.45, 7) is 13.2. The zero-order chi connectivity index (χ0) is 17.8. The van der Waals surface area contributed by atoms with E-state index in [2.05, 4.69) is 43.6 Å². The van der Waals surface area contributed by atoms with Crippen molar-refractivity contribution in [2.24, 2.45) is 5.41 Å². The summed E-state index contributed by atoms with van der Waals surface area (Å²) in [5.41, 5.74) is 7.76. The van der Waals surface area contributed by atoms with Gasteiger partial charge in [0.25, 0.3) is 0 Å². The molecule has 0 atom stereocenters. The molecule has 2 N–H and O–H groups in total. The van der Waals surface area contributed by atoms with Crippen LogP contribution in [-0.4, -0.2) is 24.7 Å². The summed E-state index contributed by atoms with van der Waals surface area (Å²) >= 11 is 6.19.